The zero-order chi connectivity index (χ0) is 9.26. The second kappa shape index (κ2) is 2.86. The van der Waals surface area contributed by atoms with E-state index < -0.39 is 0 Å². The first-order valence-corrected chi connectivity index (χ1v) is 4.04. The topological polar surface area (TPSA) is 43.6 Å². The molecule has 13 heavy (non-hydrogen) atoms. The SMILES string of the molecule is C=CC(=C)Nc1ccc2[nH][nH]c2c1. The van der Waals surface area contributed by atoms with Crippen LogP contribution >= 0.6 is 0 Å². The van der Waals surface area contributed by atoms with Crippen molar-refractivity contribution >= 4 is 16.7 Å². The molecule has 3 N–H and O–H groups in total. The molecule has 0 spiro atoms. The van der Waals surface area contributed by atoms with Gasteiger partial charge in [0.1, 0.15) is 0 Å². The molecule has 1 heterocycles. The molecule has 2 aromatic rings. The maximum Gasteiger partial charge on any atom is 0.0809 e. The van der Waals surface area contributed by atoms with E-state index in [0.29, 0.717) is 0 Å². The summed E-state index contributed by atoms with van der Waals surface area (Å²) in [6, 6.07) is 6.01. The van der Waals surface area contributed by atoms with Gasteiger partial charge in [-0.1, -0.05) is 13.2 Å². The van der Waals surface area contributed by atoms with Crippen LogP contribution in [0, 0.1) is 0 Å². The number of fused-ring (bicyclic) bond motifs is 1. The van der Waals surface area contributed by atoms with Crippen molar-refractivity contribution in [3.8, 4) is 0 Å². The zero-order valence-electron chi connectivity index (χ0n) is 7.22. The van der Waals surface area contributed by atoms with Gasteiger partial charge in [-0.3, -0.25) is 10.2 Å². The minimum absolute atomic E-state index is 0.798. The molecule has 66 valence electrons. The lowest BCUT2D eigenvalue weighted by Crippen LogP contribution is -1.97. The molecule has 1 aromatic heterocycles. The van der Waals surface area contributed by atoms with Crippen LogP contribution in [-0.2, 0) is 0 Å². The normalized spacial score (nSPS) is 10.2. The van der Waals surface area contributed by atoms with E-state index in [0.717, 1.165) is 22.4 Å². The summed E-state index contributed by atoms with van der Waals surface area (Å²) >= 11 is 0. The predicted molar refractivity (Wildman–Crippen MR) is 55.6 cm³/mol. The largest absolute Gasteiger partial charge is 0.356 e. The summed E-state index contributed by atoms with van der Waals surface area (Å²) in [6.07, 6.45) is 1.69. The molecule has 0 aliphatic carbocycles. The second-order valence-corrected chi connectivity index (χ2v) is 2.86. The maximum absolute atomic E-state index is 3.77. The minimum atomic E-state index is 0.798. The highest BCUT2D eigenvalue weighted by molar-refractivity contribution is 5.80. The van der Waals surface area contributed by atoms with E-state index in [-0.39, 0.29) is 0 Å². The standard InChI is InChI=1S/C10H11N3/c1-3-7(2)11-8-4-5-9-10(6-8)13-12-9/h3-6,11-13H,1-2H2. The van der Waals surface area contributed by atoms with Crippen LogP contribution < -0.4 is 5.32 Å². The molecule has 0 bridgehead atoms. The van der Waals surface area contributed by atoms with Crippen molar-refractivity contribution in [2.75, 3.05) is 5.32 Å². The number of benzene rings is 1. The number of hydrogen-bond acceptors (Lipinski definition) is 1. The fourth-order valence-corrected chi connectivity index (χ4v) is 1.14. The van der Waals surface area contributed by atoms with Crippen LogP contribution in [0.2, 0.25) is 0 Å². The molecule has 1 aromatic carbocycles. The summed E-state index contributed by atoms with van der Waals surface area (Å²) < 4.78 is 0. The summed E-state index contributed by atoms with van der Waals surface area (Å²) in [6.45, 7) is 7.39. The van der Waals surface area contributed by atoms with Gasteiger partial charge in [0, 0.05) is 11.4 Å². The zero-order valence-corrected chi connectivity index (χ0v) is 7.22. The molecule has 0 aliphatic rings. The van der Waals surface area contributed by atoms with Gasteiger partial charge >= 0.3 is 0 Å². The first kappa shape index (κ1) is 7.73. The summed E-state index contributed by atoms with van der Waals surface area (Å²) in [7, 11) is 0. The van der Waals surface area contributed by atoms with Crippen molar-refractivity contribution in [3.05, 3.63) is 43.1 Å². The van der Waals surface area contributed by atoms with Gasteiger partial charge in [0.2, 0.25) is 0 Å². The first-order valence-electron chi connectivity index (χ1n) is 4.04. The van der Waals surface area contributed by atoms with Gasteiger partial charge in [-0.05, 0) is 24.3 Å². The van der Waals surface area contributed by atoms with E-state index in [1.165, 1.54) is 0 Å². The number of nitrogens with one attached hydrogen (secondary N) is 3. The second-order valence-electron chi connectivity index (χ2n) is 2.86. The molecule has 0 atom stereocenters. The van der Waals surface area contributed by atoms with Crippen LogP contribution in [0.5, 0.6) is 0 Å². The number of anilines is 1. The molecule has 0 unspecified atom stereocenters. The fourth-order valence-electron chi connectivity index (χ4n) is 1.14. The van der Waals surface area contributed by atoms with Gasteiger partial charge in [0.25, 0.3) is 0 Å². The average Bonchev–Trinajstić information content (AvgIpc) is 2.10. The maximum atomic E-state index is 3.77. The Morgan fingerprint density at radius 3 is 2.62 bits per heavy atom. The van der Waals surface area contributed by atoms with Crippen LogP contribution in [0.25, 0.3) is 11.0 Å². The van der Waals surface area contributed by atoms with Gasteiger partial charge in [0.05, 0.1) is 11.0 Å². The van der Waals surface area contributed by atoms with Gasteiger partial charge in [-0.2, -0.15) is 0 Å². The molecule has 0 amide bonds. The number of H-pyrrole nitrogens is 2. The lowest BCUT2D eigenvalue weighted by molar-refractivity contribution is 1.07. The van der Waals surface area contributed by atoms with E-state index >= 15 is 0 Å². The predicted octanol–water partition coefficient (Wildman–Crippen LogP) is 2.61. The minimum Gasteiger partial charge on any atom is -0.356 e. The van der Waals surface area contributed by atoms with Crippen molar-refractivity contribution < 1.29 is 0 Å². The summed E-state index contributed by atoms with van der Waals surface area (Å²) in [5.74, 6) is 0. The Hall–Kier alpha value is -1.90. The molecule has 0 radical (unpaired) electrons. The molecule has 0 saturated heterocycles. The smallest absolute Gasteiger partial charge is 0.0809 e. The van der Waals surface area contributed by atoms with E-state index in [1.54, 1.807) is 6.08 Å². The van der Waals surface area contributed by atoms with Crippen LogP contribution in [0.4, 0.5) is 5.69 Å². The van der Waals surface area contributed by atoms with E-state index in [9.17, 15) is 0 Å². The van der Waals surface area contributed by atoms with Crippen LogP contribution in [0.3, 0.4) is 0 Å². The van der Waals surface area contributed by atoms with Crippen molar-refractivity contribution in [1.29, 1.82) is 0 Å². The fraction of sp³-hybridized carbons (Fsp3) is 0. The highest BCUT2D eigenvalue weighted by atomic mass is 15.1. The van der Waals surface area contributed by atoms with Crippen molar-refractivity contribution in [3.63, 3.8) is 0 Å². The molecule has 3 nitrogen and oxygen atoms in total. The number of rotatable bonds is 3. The molecule has 2 rings (SSSR count). The van der Waals surface area contributed by atoms with Crippen LogP contribution in [0.15, 0.2) is 43.1 Å². The molecule has 0 fully saturated rings. The van der Waals surface area contributed by atoms with E-state index in [1.807, 2.05) is 18.2 Å². The number of hydrogen-bond donors (Lipinski definition) is 3. The summed E-state index contributed by atoms with van der Waals surface area (Å²) in [5.41, 5.74) is 4.03. The van der Waals surface area contributed by atoms with E-state index in [2.05, 4.69) is 28.7 Å². The van der Waals surface area contributed by atoms with Gasteiger partial charge in [-0.25, -0.2) is 0 Å². The lowest BCUT2D eigenvalue weighted by atomic mass is 10.2. The molecule has 3 heteroatoms. The third kappa shape index (κ3) is 1.36. The van der Waals surface area contributed by atoms with Gasteiger partial charge in [-0.15, -0.1) is 0 Å². The molecular formula is C10H11N3. The Bertz CT molecular complexity index is 447. The summed E-state index contributed by atoms with van der Waals surface area (Å²) in [4.78, 5) is 0. The van der Waals surface area contributed by atoms with Gasteiger partial charge < -0.3 is 5.32 Å². The highest BCUT2D eigenvalue weighted by Gasteiger charge is 1.98. The monoisotopic (exact) mass is 173 g/mol. The number of aromatic nitrogens is 2. The first-order chi connectivity index (χ1) is 6.29. The van der Waals surface area contributed by atoms with Crippen molar-refractivity contribution in [1.82, 2.24) is 10.2 Å². The lowest BCUT2D eigenvalue weighted by Gasteiger charge is -2.08. The Balaban J connectivity index is 2.25. The highest BCUT2D eigenvalue weighted by Crippen LogP contribution is 2.17. The van der Waals surface area contributed by atoms with Crippen molar-refractivity contribution in [2.45, 2.75) is 0 Å². The Morgan fingerprint density at radius 1 is 1.31 bits per heavy atom. The summed E-state index contributed by atoms with van der Waals surface area (Å²) in [5, 5.41) is 9.05. The van der Waals surface area contributed by atoms with Gasteiger partial charge in [0.15, 0.2) is 0 Å². The molecule has 0 saturated carbocycles. The Morgan fingerprint density at radius 2 is 2.08 bits per heavy atom. The molecular weight excluding hydrogens is 162 g/mol. The third-order valence-electron chi connectivity index (χ3n) is 1.90. The molecule has 0 aliphatic heterocycles. The van der Waals surface area contributed by atoms with Crippen LogP contribution in [0.1, 0.15) is 0 Å². The quantitative estimate of drug-likeness (QED) is 0.614. The van der Waals surface area contributed by atoms with Crippen molar-refractivity contribution in [2.24, 2.45) is 0 Å². The number of aromatic amines is 2. The third-order valence-corrected chi connectivity index (χ3v) is 1.90. The Labute approximate surface area is 76.1 Å². The average molecular weight is 173 g/mol. The van der Waals surface area contributed by atoms with Crippen LogP contribution in [-0.4, -0.2) is 10.2 Å². The number of allylic oxidation sites excluding steroid dienone is 1. The van der Waals surface area contributed by atoms with E-state index in [4.69, 9.17) is 0 Å². The Kier molecular flexibility index (Phi) is 1.70.